The predicted molar refractivity (Wildman–Crippen MR) is 96.7 cm³/mol. The lowest BCUT2D eigenvalue weighted by Gasteiger charge is -2.10. The molecule has 0 N–H and O–H groups in total. The number of thiophene rings is 1. The van der Waals surface area contributed by atoms with Gasteiger partial charge in [-0.15, -0.1) is 11.3 Å². The second-order valence-electron chi connectivity index (χ2n) is 5.89. The molecular weight excluding hydrogens is 368 g/mol. The van der Waals surface area contributed by atoms with Crippen LogP contribution in [0.3, 0.4) is 0 Å². The molecule has 128 valence electrons. The molecule has 0 radical (unpaired) electrons. The molecule has 0 aromatic carbocycles. The third-order valence-corrected chi connectivity index (χ3v) is 7.15. The van der Waals surface area contributed by atoms with Crippen LogP contribution in [0.15, 0.2) is 18.2 Å². The molecule has 0 bridgehead atoms. The minimum atomic E-state index is -2.97. The summed E-state index contributed by atoms with van der Waals surface area (Å²) in [5.41, 5.74) is 2.52. The third-order valence-electron chi connectivity index (χ3n) is 4.15. The van der Waals surface area contributed by atoms with Crippen molar-refractivity contribution in [1.82, 2.24) is 9.78 Å². The van der Waals surface area contributed by atoms with Gasteiger partial charge in [0.05, 0.1) is 32.5 Å². The fourth-order valence-corrected chi connectivity index (χ4v) is 5.58. The zero-order valence-corrected chi connectivity index (χ0v) is 15.7. The van der Waals surface area contributed by atoms with Crippen molar-refractivity contribution in [3.8, 4) is 0 Å². The van der Waals surface area contributed by atoms with E-state index in [1.54, 1.807) is 22.9 Å². The summed E-state index contributed by atoms with van der Waals surface area (Å²) in [6, 6.07) is 3.27. The maximum absolute atomic E-state index is 12.2. The molecule has 1 aliphatic rings. The maximum atomic E-state index is 12.2. The van der Waals surface area contributed by atoms with E-state index in [-0.39, 0.29) is 23.3 Å². The number of allylic oxidation sites excluding steroid dienone is 1. The van der Waals surface area contributed by atoms with Crippen LogP contribution in [-0.2, 0) is 9.84 Å². The van der Waals surface area contributed by atoms with Crippen molar-refractivity contribution in [3.05, 3.63) is 44.4 Å². The summed E-state index contributed by atoms with van der Waals surface area (Å²) in [4.78, 5) is 12.7. The van der Waals surface area contributed by atoms with Crippen molar-refractivity contribution >= 4 is 44.6 Å². The number of aryl methyl sites for hydroxylation is 1. The van der Waals surface area contributed by atoms with Crippen molar-refractivity contribution in [2.75, 3.05) is 11.5 Å². The highest BCUT2D eigenvalue weighted by atomic mass is 35.5. The number of hydrogen-bond acceptors (Lipinski definition) is 5. The van der Waals surface area contributed by atoms with Crippen LogP contribution in [0.4, 0.5) is 0 Å². The SMILES string of the molecule is Cc1nn([C@@H]2CCS(=O)(=O)C2)c(C)c1/C=C/C(=O)c1ccc(Cl)s1. The van der Waals surface area contributed by atoms with E-state index in [0.29, 0.717) is 15.6 Å². The number of carbonyl (C=O) groups is 1. The van der Waals surface area contributed by atoms with Gasteiger partial charge in [-0.1, -0.05) is 11.6 Å². The maximum Gasteiger partial charge on any atom is 0.195 e. The number of hydrogen-bond donors (Lipinski definition) is 0. The number of sulfone groups is 1. The Hall–Kier alpha value is -1.44. The molecule has 0 aliphatic carbocycles. The van der Waals surface area contributed by atoms with Crippen LogP contribution >= 0.6 is 22.9 Å². The summed E-state index contributed by atoms with van der Waals surface area (Å²) in [6.45, 7) is 3.76. The van der Waals surface area contributed by atoms with Gasteiger partial charge in [-0.2, -0.15) is 5.10 Å². The summed E-state index contributed by atoms with van der Waals surface area (Å²) in [6.07, 6.45) is 3.84. The quantitative estimate of drug-likeness (QED) is 0.597. The average Bonchev–Trinajstić information content (AvgIpc) is 3.16. The van der Waals surface area contributed by atoms with Crippen LogP contribution in [0.2, 0.25) is 4.34 Å². The van der Waals surface area contributed by atoms with Crippen LogP contribution in [0, 0.1) is 13.8 Å². The Morgan fingerprint density at radius 1 is 1.42 bits per heavy atom. The average molecular weight is 385 g/mol. The first kappa shape index (κ1) is 17.4. The van der Waals surface area contributed by atoms with E-state index >= 15 is 0 Å². The second kappa shape index (κ2) is 6.46. The molecule has 1 fully saturated rings. The molecule has 3 rings (SSSR count). The molecule has 1 atom stereocenters. The van der Waals surface area contributed by atoms with E-state index in [2.05, 4.69) is 5.10 Å². The van der Waals surface area contributed by atoms with Crippen LogP contribution in [0.5, 0.6) is 0 Å². The topological polar surface area (TPSA) is 69.0 Å². The van der Waals surface area contributed by atoms with E-state index in [1.807, 2.05) is 13.8 Å². The molecule has 1 aliphatic heterocycles. The summed E-state index contributed by atoms with van der Waals surface area (Å²) in [7, 11) is -2.97. The summed E-state index contributed by atoms with van der Waals surface area (Å²) >= 11 is 7.09. The third kappa shape index (κ3) is 3.48. The van der Waals surface area contributed by atoms with Gasteiger partial charge in [0, 0.05) is 11.3 Å². The van der Waals surface area contributed by atoms with E-state index in [0.717, 1.165) is 17.0 Å². The van der Waals surface area contributed by atoms with Gasteiger partial charge in [-0.3, -0.25) is 9.48 Å². The van der Waals surface area contributed by atoms with E-state index < -0.39 is 9.84 Å². The Labute approximate surface area is 149 Å². The molecule has 3 heterocycles. The Balaban J connectivity index is 1.84. The van der Waals surface area contributed by atoms with Gasteiger partial charge >= 0.3 is 0 Å². The van der Waals surface area contributed by atoms with Gasteiger partial charge in [0.1, 0.15) is 0 Å². The molecule has 0 unspecified atom stereocenters. The van der Waals surface area contributed by atoms with E-state index in [1.165, 1.54) is 17.4 Å². The van der Waals surface area contributed by atoms with Crippen LogP contribution in [0.1, 0.15) is 39.1 Å². The molecule has 2 aromatic rings. The molecule has 0 saturated carbocycles. The summed E-state index contributed by atoms with van der Waals surface area (Å²) in [5.74, 6) is 0.227. The first-order valence-electron chi connectivity index (χ1n) is 7.51. The van der Waals surface area contributed by atoms with E-state index in [9.17, 15) is 13.2 Å². The van der Waals surface area contributed by atoms with Gasteiger partial charge in [0.15, 0.2) is 15.6 Å². The Kier molecular flexibility index (Phi) is 4.68. The standard InChI is InChI=1S/C16H17ClN2O3S2/c1-10-13(3-4-14(20)15-5-6-16(17)23-15)11(2)19(18-10)12-7-8-24(21,22)9-12/h3-6,12H,7-9H2,1-2H3/b4-3+/t12-/m1/s1. The smallest absolute Gasteiger partial charge is 0.195 e. The normalized spacial score (nSPS) is 20.0. The van der Waals surface area contributed by atoms with Crippen molar-refractivity contribution < 1.29 is 13.2 Å². The first-order chi connectivity index (χ1) is 11.3. The monoisotopic (exact) mass is 384 g/mol. The van der Waals surface area contributed by atoms with Gasteiger partial charge < -0.3 is 0 Å². The van der Waals surface area contributed by atoms with E-state index in [4.69, 9.17) is 11.6 Å². The highest BCUT2D eigenvalue weighted by Gasteiger charge is 2.31. The number of ketones is 1. The zero-order chi connectivity index (χ0) is 17.5. The Morgan fingerprint density at radius 2 is 2.17 bits per heavy atom. The van der Waals surface area contributed by atoms with Crippen molar-refractivity contribution in [3.63, 3.8) is 0 Å². The van der Waals surface area contributed by atoms with Crippen LogP contribution in [-0.4, -0.2) is 35.5 Å². The number of rotatable bonds is 4. The van der Waals surface area contributed by atoms with Crippen molar-refractivity contribution in [2.24, 2.45) is 0 Å². The molecule has 0 spiro atoms. The van der Waals surface area contributed by atoms with Crippen LogP contribution in [0.25, 0.3) is 6.08 Å². The predicted octanol–water partition coefficient (Wildman–Crippen LogP) is 3.47. The fourth-order valence-electron chi connectivity index (χ4n) is 2.93. The van der Waals surface area contributed by atoms with Crippen molar-refractivity contribution in [1.29, 1.82) is 0 Å². The minimum Gasteiger partial charge on any atom is -0.288 e. The number of aromatic nitrogens is 2. The van der Waals surface area contributed by atoms with Gasteiger partial charge in [-0.25, -0.2) is 8.42 Å². The lowest BCUT2D eigenvalue weighted by atomic mass is 10.1. The first-order valence-corrected chi connectivity index (χ1v) is 10.5. The summed E-state index contributed by atoms with van der Waals surface area (Å²) in [5, 5.41) is 4.48. The summed E-state index contributed by atoms with van der Waals surface area (Å²) < 4.78 is 25.7. The minimum absolute atomic E-state index is 0.109. The van der Waals surface area contributed by atoms with Gasteiger partial charge in [0.25, 0.3) is 0 Å². The zero-order valence-electron chi connectivity index (χ0n) is 13.3. The fraction of sp³-hybridized carbons (Fsp3) is 0.375. The van der Waals surface area contributed by atoms with Gasteiger partial charge in [-0.05, 0) is 44.6 Å². The Morgan fingerprint density at radius 3 is 2.75 bits per heavy atom. The van der Waals surface area contributed by atoms with Crippen LogP contribution < -0.4 is 0 Å². The number of nitrogens with zero attached hydrogens (tertiary/aromatic N) is 2. The molecule has 24 heavy (non-hydrogen) atoms. The molecular formula is C16H17ClN2O3S2. The lowest BCUT2D eigenvalue weighted by molar-refractivity contribution is 0.105. The highest BCUT2D eigenvalue weighted by Crippen LogP contribution is 2.27. The molecule has 8 heteroatoms. The second-order valence-corrected chi connectivity index (χ2v) is 9.83. The molecule has 5 nitrogen and oxygen atoms in total. The van der Waals surface area contributed by atoms with Gasteiger partial charge in [0.2, 0.25) is 0 Å². The lowest BCUT2D eigenvalue weighted by Crippen LogP contribution is -2.13. The molecule has 2 aromatic heterocycles. The molecule has 1 saturated heterocycles. The highest BCUT2D eigenvalue weighted by molar-refractivity contribution is 7.91. The number of carbonyl (C=O) groups excluding carboxylic acids is 1. The van der Waals surface area contributed by atoms with Crippen molar-refractivity contribution in [2.45, 2.75) is 26.3 Å². The molecule has 0 amide bonds. The Bertz CT molecular complexity index is 925. The number of halogens is 1. The largest absolute Gasteiger partial charge is 0.288 e.